The first-order chi connectivity index (χ1) is 36.8. The third kappa shape index (κ3) is 8.77. The smallest absolute Gasteiger partial charge is 0.256 e. The summed E-state index contributed by atoms with van der Waals surface area (Å²) in [7, 11) is 0. The van der Waals surface area contributed by atoms with Gasteiger partial charge in [-0.05, 0) is 142 Å². The minimum Gasteiger partial charge on any atom is -0.458 e. The number of benzene rings is 9. The molecule has 0 saturated heterocycles. The Balaban J connectivity index is 1.15. The Labute approximate surface area is 465 Å². The Kier molecular flexibility index (Phi) is 11.8. The second-order valence-electron chi connectivity index (χ2n) is 27.6. The number of ether oxygens (including phenoxy) is 1. The lowest BCUT2D eigenvalue weighted by atomic mass is 9.34. The predicted octanol–water partition coefficient (Wildman–Crippen LogP) is 18.7. The Hall–Kier alpha value is -7.56. The van der Waals surface area contributed by atoms with Crippen LogP contribution in [-0.2, 0) is 27.1 Å². The van der Waals surface area contributed by atoms with Crippen LogP contribution in [0.2, 0.25) is 0 Å². The van der Waals surface area contributed by atoms with E-state index < -0.39 is 0 Å². The molecule has 0 spiro atoms. The minimum absolute atomic E-state index is 0.00721. The molecule has 0 atom stereocenters. The van der Waals surface area contributed by atoms with E-state index in [0.29, 0.717) is 0 Å². The molecule has 78 heavy (non-hydrogen) atoms. The first-order valence-electron chi connectivity index (χ1n) is 28.3. The lowest BCUT2D eigenvalue weighted by Gasteiger charge is -2.42. The van der Waals surface area contributed by atoms with Crippen molar-refractivity contribution < 1.29 is 4.74 Å². The minimum atomic E-state index is -0.195. The normalized spacial score (nSPS) is 13.6. The molecule has 0 aliphatic carbocycles. The van der Waals surface area contributed by atoms with Gasteiger partial charge in [0.1, 0.15) is 11.5 Å². The number of anilines is 3. The molecule has 0 unspecified atom stereocenters. The summed E-state index contributed by atoms with van der Waals surface area (Å²) in [6.45, 7) is 34.7. The fourth-order valence-corrected chi connectivity index (χ4v) is 12.1. The van der Waals surface area contributed by atoms with Gasteiger partial charge >= 0.3 is 0 Å². The summed E-state index contributed by atoms with van der Waals surface area (Å²) in [5.41, 5.74) is 24.0. The molecule has 0 fully saturated rings. The Bertz CT molecular complexity index is 3850. The SMILES string of the molecule is CC(C)(C)c1cc(-c2ccc3c(c2)N(c2c(-c4ccccc4)cccc2-c2ccccc2)c2cc(C(C)(C)C)cc4c2B3c2ccc(-n3c5ccc(C(C)(C)C)cc5c5cc(C(C)(C)C)ccc53)cc2O4)cc(C(C)(C)C)c1. The summed E-state index contributed by atoms with van der Waals surface area (Å²) in [6, 6.07) is 69.4. The van der Waals surface area contributed by atoms with Gasteiger partial charge in [-0.2, -0.15) is 0 Å². The van der Waals surface area contributed by atoms with Crippen LogP contribution >= 0.6 is 0 Å². The molecular weight excluding hydrogens is 944 g/mol. The van der Waals surface area contributed by atoms with E-state index in [1.165, 1.54) is 105 Å². The van der Waals surface area contributed by atoms with Gasteiger partial charge in [-0.25, -0.2) is 0 Å². The number of fused-ring (bicyclic) bond motifs is 7. The number of para-hydroxylation sites is 1. The van der Waals surface area contributed by atoms with Crippen LogP contribution in [0, 0.1) is 0 Å². The largest absolute Gasteiger partial charge is 0.458 e. The quantitative estimate of drug-likeness (QED) is 0.160. The first-order valence-corrected chi connectivity index (χ1v) is 28.3. The predicted molar refractivity (Wildman–Crippen MR) is 336 cm³/mol. The van der Waals surface area contributed by atoms with Crippen LogP contribution in [0.3, 0.4) is 0 Å². The van der Waals surface area contributed by atoms with E-state index in [-0.39, 0.29) is 33.8 Å². The molecule has 3 heterocycles. The van der Waals surface area contributed by atoms with Crippen molar-refractivity contribution in [2.75, 3.05) is 4.90 Å². The molecule has 10 aromatic rings. The molecule has 2 aliphatic heterocycles. The highest BCUT2D eigenvalue weighted by atomic mass is 16.5. The molecule has 4 heteroatoms. The van der Waals surface area contributed by atoms with E-state index in [1.807, 2.05) is 0 Å². The number of aromatic nitrogens is 1. The Morgan fingerprint density at radius 1 is 0.346 bits per heavy atom. The highest BCUT2D eigenvalue weighted by molar-refractivity contribution is 6.99. The molecule has 0 amide bonds. The molecule has 9 aromatic carbocycles. The number of nitrogens with zero attached hydrogens (tertiary/aromatic N) is 2. The molecule has 3 nitrogen and oxygen atoms in total. The average Bonchev–Trinajstić information content (AvgIpc) is 3.86. The molecule has 0 radical (unpaired) electrons. The molecule has 0 bridgehead atoms. The van der Waals surface area contributed by atoms with E-state index >= 15 is 0 Å². The van der Waals surface area contributed by atoms with Gasteiger partial charge in [0.15, 0.2) is 0 Å². The topological polar surface area (TPSA) is 17.4 Å². The van der Waals surface area contributed by atoms with Crippen LogP contribution < -0.4 is 26.0 Å². The van der Waals surface area contributed by atoms with Crippen molar-refractivity contribution in [3.05, 3.63) is 210 Å². The van der Waals surface area contributed by atoms with E-state index in [2.05, 4.69) is 295 Å². The maximum Gasteiger partial charge on any atom is 0.256 e. The Morgan fingerprint density at radius 3 is 1.36 bits per heavy atom. The lowest BCUT2D eigenvalue weighted by Crippen LogP contribution is -2.59. The Morgan fingerprint density at radius 2 is 0.846 bits per heavy atom. The molecule has 0 N–H and O–H groups in total. The number of hydrogen-bond donors (Lipinski definition) is 0. The van der Waals surface area contributed by atoms with Crippen molar-refractivity contribution in [3.8, 4) is 50.6 Å². The van der Waals surface area contributed by atoms with E-state index in [4.69, 9.17) is 4.74 Å². The summed E-state index contributed by atoms with van der Waals surface area (Å²) in [6.07, 6.45) is 0. The monoisotopic (exact) mass is 1020 g/mol. The van der Waals surface area contributed by atoms with Crippen LogP contribution in [0.1, 0.15) is 132 Å². The fraction of sp³-hybridized carbons (Fsp3) is 0.270. The summed E-state index contributed by atoms with van der Waals surface area (Å²) in [5, 5.41) is 2.55. The lowest BCUT2D eigenvalue weighted by molar-refractivity contribution is 0.483. The van der Waals surface area contributed by atoms with Crippen LogP contribution in [0.4, 0.5) is 17.1 Å². The molecule has 390 valence electrons. The van der Waals surface area contributed by atoms with Gasteiger partial charge in [0.2, 0.25) is 0 Å². The van der Waals surface area contributed by atoms with E-state index in [1.54, 1.807) is 0 Å². The summed E-state index contributed by atoms with van der Waals surface area (Å²) in [4.78, 5) is 2.62. The second-order valence-corrected chi connectivity index (χ2v) is 27.6. The second kappa shape index (κ2) is 18.0. The van der Waals surface area contributed by atoms with Gasteiger partial charge in [-0.3, -0.25) is 0 Å². The zero-order valence-electron chi connectivity index (χ0n) is 48.7. The van der Waals surface area contributed by atoms with Crippen molar-refractivity contribution in [1.29, 1.82) is 0 Å². The molecule has 0 saturated carbocycles. The molecule has 12 rings (SSSR count). The third-order valence-corrected chi connectivity index (χ3v) is 16.8. The zero-order chi connectivity index (χ0) is 55.0. The summed E-state index contributed by atoms with van der Waals surface area (Å²) in [5.74, 6) is 1.80. The van der Waals surface area contributed by atoms with Crippen molar-refractivity contribution in [2.45, 2.75) is 131 Å². The van der Waals surface area contributed by atoms with Gasteiger partial charge in [-0.1, -0.05) is 231 Å². The third-order valence-electron chi connectivity index (χ3n) is 16.8. The summed E-state index contributed by atoms with van der Waals surface area (Å²) >= 11 is 0. The van der Waals surface area contributed by atoms with Crippen LogP contribution in [0.25, 0.3) is 60.9 Å². The highest BCUT2D eigenvalue weighted by Gasteiger charge is 2.44. The number of hydrogen-bond acceptors (Lipinski definition) is 2. The van der Waals surface area contributed by atoms with E-state index in [9.17, 15) is 0 Å². The van der Waals surface area contributed by atoms with Gasteiger partial charge < -0.3 is 14.2 Å². The van der Waals surface area contributed by atoms with E-state index in [0.717, 1.165) is 28.6 Å². The van der Waals surface area contributed by atoms with Crippen LogP contribution in [-0.4, -0.2) is 11.3 Å². The van der Waals surface area contributed by atoms with Crippen LogP contribution in [0.5, 0.6) is 11.5 Å². The van der Waals surface area contributed by atoms with Gasteiger partial charge in [0.05, 0.1) is 16.7 Å². The summed E-state index contributed by atoms with van der Waals surface area (Å²) < 4.78 is 9.99. The van der Waals surface area contributed by atoms with Crippen molar-refractivity contribution in [3.63, 3.8) is 0 Å². The first kappa shape index (κ1) is 51.2. The highest BCUT2D eigenvalue weighted by Crippen LogP contribution is 2.51. The maximum absolute atomic E-state index is 7.52. The molecule has 1 aromatic heterocycles. The van der Waals surface area contributed by atoms with Crippen molar-refractivity contribution in [1.82, 2.24) is 4.57 Å². The average molecular weight is 1020 g/mol. The standard InChI is InChI=1S/C74H75BN2O/c1-70(2,3)50-30-35-62-58(41-50)59-42-51(71(4,5)6)31-36-63(59)76(62)55-32-34-61-66(45-55)78-67-44-54(74(13,14)15)43-65-68(67)75(61)60-33-29-48(49-37-52(72(7,8)9)40-53(38-49)73(10,11)12)39-64(60)77(65)69-56(46-23-18-16-19-24-46)27-22-28-57(69)47-25-20-17-21-26-47/h16-45H,1-15H3. The van der Waals surface area contributed by atoms with Gasteiger partial charge in [0, 0.05) is 45.0 Å². The van der Waals surface area contributed by atoms with Gasteiger partial charge in [-0.15, -0.1) is 0 Å². The maximum atomic E-state index is 7.52. The molecule has 2 aliphatic rings. The zero-order valence-corrected chi connectivity index (χ0v) is 48.7. The van der Waals surface area contributed by atoms with Crippen molar-refractivity contribution >= 4 is 62.0 Å². The molecular formula is C74H75BN2O. The number of rotatable bonds is 5. The van der Waals surface area contributed by atoms with Crippen molar-refractivity contribution in [2.24, 2.45) is 0 Å². The van der Waals surface area contributed by atoms with Crippen LogP contribution in [0.15, 0.2) is 182 Å². The van der Waals surface area contributed by atoms with Gasteiger partial charge in [0.25, 0.3) is 6.71 Å². The fourth-order valence-electron chi connectivity index (χ4n) is 12.1.